The zero-order valence-corrected chi connectivity index (χ0v) is 15.0. The van der Waals surface area contributed by atoms with Gasteiger partial charge in [0.2, 0.25) is 6.29 Å². The molecule has 0 bridgehead atoms. The van der Waals surface area contributed by atoms with Gasteiger partial charge >= 0.3 is 0 Å². The van der Waals surface area contributed by atoms with Crippen molar-refractivity contribution < 1.29 is 19.1 Å². The number of benzene rings is 1. The van der Waals surface area contributed by atoms with E-state index in [1.54, 1.807) is 50.6 Å². The molecule has 1 radical (unpaired) electrons. The van der Waals surface area contributed by atoms with Crippen LogP contribution in [-0.4, -0.2) is 62.6 Å². The number of hydrogen-bond acceptors (Lipinski definition) is 6. The molecule has 0 saturated carbocycles. The highest BCUT2D eigenvalue weighted by atomic mass is 16.5. The maximum absolute atomic E-state index is 13.1. The highest BCUT2D eigenvalue weighted by molar-refractivity contribution is 6.00. The molecular formula is C20H23N2O4. The van der Waals surface area contributed by atoms with Crippen LogP contribution >= 0.6 is 0 Å². The fraction of sp³-hybridized carbons (Fsp3) is 0.400. The predicted octanol–water partition coefficient (Wildman–Crippen LogP) is 1.35. The van der Waals surface area contributed by atoms with E-state index >= 15 is 0 Å². The van der Waals surface area contributed by atoms with Crippen molar-refractivity contribution in [2.24, 2.45) is 5.92 Å². The zero-order chi connectivity index (χ0) is 18.6. The zero-order valence-electron chi connectivity index (χ0n) is 15.0. The molecule has 1 unspecified atom stereocenters. The maximum atomic E-state index is 13.1. The summed E-state index contributed by atoms with van der Waals surface area (Å²) in [6, 6.07) is 6.73. The van der Waals surface area contributed by atoms with Gasteiger partial charge in [0.05, 0.1) is 19.1 Å². The number of piperazine rings is 1. The highest BCUT2D eigenvalue weighted by Crippen LogP contribution is 2.30. The molecule has 0 amide bonds. The Balaban J connectivity index is 1.88. The van der Waals surface area contributed by atoms with E-state index in [2.05, 4.69) is 5.32 Å². The number of ketones is 1. The van der Waals surface area contributed by atoms with Gasteiger partial charge in [0, 0.05) is 32.3 Å². The Morgan fingerprint density at radius 3 is 2.50 bits per heavy atom. The van der Waals surface area contributed by atoms with Crippen molar-refractivity contribution in [3.8, 4) is 5.75 Å². The summed E-state index contributed by atoms with van der Waals surface area (Å²) in [5.41, 5.74) is -0.221. The molecule has 1 heterocycles. The van der Waals surface area contributed by atoms with Crippen molar-refractivity contribution in [2.45, 2.75) is 11.8 Å². The summed E-state index contributed by atoms with van der Waals surface area (Å²) >= 11 is 0. The van der Waals surface area contributed by atoms with E-state index in [1.807, 2.05) is 23.3 Å². The number of nitrogens with one attached hydrogen (secondary N) is 1. The number of rotatable bonds is 6. The Hall–Kier alpha value is -2.28. The van der Waals surface area contributed by atoms with Crippen LogP contribution in [0.4, 0.5) is 0 Å². The normalized spacial score (nSPS) is 28.7. The van der Waals surface area contributed by atoms with Crippen molar-refractivity contribution >= 4 is 12.1 Å². The van der Waals surface area contributed by atoms with Crippen molar-refractivity contribution in [2.75, 3.05) is 33.9 Å². The molecule has 0 spiro atoms. The minimum absolute atomic E-state index is 0.0159. The van der Waals surface area contributed by atoms with Gasteiger partial charge in [0.1, 0.15) is 5.75 Å². The molecule has 0 aromatic heterocycles. The van der Waals surface area contributed by atoms with E-state index in [4.69, 9.17) is 9.47 Å². The molecule has 1 aliphatic heterocycles. The minimum Gasteiger partial charge on any atom is -0.497 e. The summed E-state index contributed by atoms with van der Waals surface area (Å²) in [5, 5.41) is 3.29. The molecule has 6 heteroatoms. The van der Waals surface area contributed by atoms with Crippen molar-refractivity contribution in [1.82, 2.24) is 10.2 Å². The van der Waals surface area contributed by atoms with E-state index in [-0.39, 0.29) is 17.7 Å². The lowest BCUT2D eigenvalue weighted by molar-refractivity contribution is -0.0843. The van der Waals surface area contributed by atoms with Crippen LogP contribution in [0.25, 0.3) is 0 Å². The van der Waals surface area contributed by atoms with E-state index in [9.17, 15) is 9.59 Å². The molecule has 1 aromatic rings. The average Bonchev–Trinajstić information content (AvgIpc) is 2.73. The van der Waals surface area contributed by atoms with Crippen LogP contribution in [0.3, 0.4) is 0 Å². The van der Waals surface area contributed by atoms with Crippen molar-refractivity contribution in [3.05, 3.63) is 54.1 Å². The first-order valence-corrected chi connectivity index (χ1v) is 8.61. The number of carbonyl (C=O) groups excluding carboxylic acids is 2. The SMILES string of the molecule is COc1ccc(C(=O)C2CNCCN2C2(OC)C=CC([C]=O)C=C2)cc1. The fourth-order valence-electron chi connectivity index (χ4n) is 3.43. The van der Waals surface area contributed by atoms with Crippen LogP contribution in [0.5, 0.6) is 5.75 Å². The summed E-state index contributed by atoms with van der Waals surface area (Å²) < 4.78 is 10.9. The van der Waals surface area contributed by atoms with Gasteiger partial charge in [-0.25, -0.2) is 0 Å². The molecule has 3 rings (SSSR count). The fourth-order valence-corrected chi connectivity index (χ4v) is 3.43. The van der Waals surface area contributed by atoms with Gasteiger partial charge in [0.25, 0.3) is 0 Å². The van der Waals surface area contributed by atoms with Crippen molar-refractivity contribution in [3.63, 3.8) is 0 Å². The Morgan fingerprint density at radius 1 is 1.23 bits per heavy atom. The summed E-state index contributed by atoms with van der Waals surface area (Å²) in [7, 11) is 3.20. The van der Waals surface area contributed by atoms with Gasteiger partial charge in [-0.15, -0.1) is 0 Å². The lowest BCUT2D eigenvalue weighted by Gasteiger charge is -2.46. The standard InChI is InChI=1S/C20H23N2O4/c1-25-17-5-3-16(4-6-17)19(24)18-13-21-11-12-22(18)20(26-2)9-7-15(14-23)8-10-20/h3-10,15,18,21H,11-13H2,1-2H3. The van der Waals surface area contributed by atoms with Crippen LogP contribution < -0.4 is 10.1 Å². The number of carbonyl (C=O) groups is 1. The first kappa shape index (κ1) is 18.5. The summed E-state index contributed by atoms with van der Waals surface area (Å²) in [6.45, 7) is 1.92. The van der Waals surface area contributed by atoms with Crippen LogP contribution in [-0.2, 0) is 9.53 Å². The Labute approximate surface area is 153 Å². The molecule has 1 atom stereocenters. The lowest BCUT2D eigenvalue weighted by Crippen LogP contribution is -2.63. The Morgan fingerprint density at radius 2 is 1.92 bits per heavy atom. The number of hydrogen-bond donors (Lipinski definition) is 1. The highest BCUT2D eigenvalue weighted by Gasteiger charge is 2.42. The van der Waals surface area contributed by atoms with Crippen molar-refractivity contribution in [1.29, 1.82) is 0 Å². The smallest absolute Gasteiger partial charge is 0.209 e. The number of nitrogens with zero attached hydrogens (tertiary/aromatic N) is 1. The van der Waals surface area contributed by atoms with Gasteiger partial charge in [-0.2, -0.15) is 0 Å². The van der Waals surface area contributed by atoms with Gasteiger partial charge in [-0.3, -0.25) is 14.5 Å². The average molecular weight is 355 g/mol. The van der Waals surface area contributed by atoms with Gasteiger partial charge < -0.3 is 14.8 Å². The third-order valence-electron chi connectivity index (χ3n) is 4.92. The third kappa shape index (κ3) is 3.49. The van der Waals surface area contributed by atoms with E-state index in [0.29, 0.717) is 24.4 Å². The second-order valence-corrected chi connectivity index (χ2v) is 6.32. The second kappa shape index (κ2) is 7.95. The predicted molar refractivity (Wildman–Crippen MR) is 97.9 cm³/mol. The van der Waals surface area contributed by atoms with Crippen LogP contribution in [0.15, 0.2) is 48.6 Å². The molecule has 6 nitrogen and oxygen atoms in total. The molecule has 137 valence electrons. The molecule has 1 saturated heterocycles. The number of Topliss-reactive ketones (excluding diaryl/α,β-unsaturated/α-hetero) is 1. The topological polar surface area (TPSA) is 67.9 Å². The lowest BCUT2D eigenvalue weighted by atomic mass is 9.93. The first-order chi connectivity index (χ1) is 12.6. The van der Waals surface area contributed by atoms with Crippen LogP contribution in [0.2, 0.25) is 0 Å². The molecule has 1 aromatic carbocycles. The molecule has 26 heavy (non-hydrogen) atoms. The number of ether oxygens (including phenoxy) is 2. The third-order valence-corrected chi connectivity index (χ3v) is 4.92. The summed E-state index contributed by atoms with van der Waals surface area (Å²) in [4.78, 5) is 26.1. The molecule has 2 aliphatic rings. The number of allylic oxidation sites excluding steroid dienone is 2. The number of methoxy groups -OCH3 is 2. The molecule has 1 N–H and O–H groups in total. The van der Waals surface area contributed by atoms with E-state index in [0.717, 1.165) is 6.54 Å². The van der Waals surface area contributed by atoms with E-state index in [1.165, 1.54) is 0 Å². The monoisotopic (exact) mass is 355 g/mol. The van der Waals surface area contributed by atoms with Crippen LogP contribution in [0, 0.1) is 5.92 Å². The quantitative estimate of drug-likeness (QED) is 0.614. The molecular weight excluding hydrogens is 332 g/mol. The Bertz CT molecular complexity index is 697. The first-order valence-electron chi connectivity index (χ1n) is 8.61. The molecule has 1 fully saturated rings. The summed E-state index contributed by atoms with van der Waals surface area (Å²) in [6.07, 6.45) is 9.14. The second-order valence-electron chi connectivity index (χ2n) is 6.32. The van der Waals surface area contributed by atoms with E-state index < -0.39 is 5.72 Å². The molecule has 1 aliphatic carbocycles. The summed E-state index contributed by atoms with van der Waals surface area (Å²) in [5.74, 6) is 0.349. The largest absolute Gasteiger partial charge is 0.497 e. The minimum atomic E-state index is -0.845. The van der Waals surface area contributed by atoms with Gasteiger partial charge in [-0.05, 0) is 36.4 Å². The van der Waals surface area contributed by atoms with Gasteiger partial charge in [-0.1, -0.05) is 12.2 Å². The maximum Gasteiger partial charge on any atom is 0.209 e. The Kier molecular flexibility index (Phi) is 5.66. The van der Waals surface area contributed by atoms with Gasteiger partial charge in [0.15, 0.2) is 11.5 Å². The van der Waals surface area contributed by atoms with Crippen LogP contribution in [0.1, 0.15) is 10.4 Å².